The van der Waals surface area contributed by atoms with E-state index in [9.17, 15) is 9.59 Å². The van der Waals surface area contributed by atoms with Gasteiger partial charge in [0.2, 0.25) is 0 Å². The number of carbonyl (C=O) groups is 2. The molecule has 0 spiro atoms. The molecule has 0 atom stereocenters. The SMILES string of the molecule is CC.O=C1c2ccccc2C(=O)N1Cc1cn2cc(C3CC3)cc(CCl)c2n1. The molecule has 1 aliphatic heterocycles. The Bertz CT molecular complexity index is 1030. The third-order valence-corrected chi connectivity index (χ3v) is 5.38. The second-order valence-electron chi connectivity index (χ2n) is 6.91. The van der Waals surface area contributed by atoms with Crippen molar-refractivity contribution in [1.29, 1.82) is 0 Å². The maximum atomic E-state index is 12.6. The van der Waals surface area contributed by atoms with Gasteiger partial charge < -0.3 is 4.40 Å². The number of alkyl halides is 1. The predicted molar refractivity (Wildman–Crippen MR) is 109 cm³/mol. The fourth-order valence-electron chi connectivity index (χ4n) is 3.60. The molecule has 5 rings (SSSR count). The van der Waals surface area contributed by atoms with Crippen molar-refractivity contribution in [3.05, 3.63) is 70.7 Å². The summed E-state index contributed by atoms with van der Waals surface area (Å²) in [5.74, 6) is 0.467. The molecule has 0 saturated heterocycles. The van der Waals surface area contributed by atoms with Crippen LogP contribution in [0.1, 0.15) is 70.1 Å². The van der Waals surface area contributed by atoms with Gasteiger partial charge in [0.15, 0.2) is 0 Å². The molecule has 1 aliphatic carbocycles. The van der Waals surface area contributed by atoms with Gasteiger partial charge in [0, 0.05) is 18.0 Å². The Morgan fingerprint density at radius 1 is 1.07 bits per heavy atom. The van der Waals surface area contributed by atoms with Gasteiger partial charge in [0.1, 0.15) is 5.65 Å². The Balaban J connectivity index is 0.000000932. The van der Waals surface area contributed by atoms with Gasteiger partial charge in [-0.1, -0.05) is 26.0 Å². The first kappa shape index (κ1) is 18.7. The van der Waals surface area contributed by atoms with Gasteiger partial charge in [-0.2, -0.15) is 0 Å². The highest BCUT2D eigenvalue weighted by molar-refractivity contribution is 6.21. The number of carbonyl (C=O) groups excluding carboxylic acids is 2. The summed E-state index contributed by atoms with van der Waals surface area (Å²) >= 11 is 6.12. The smallest absolute Gasteiger partial charge is 0.261 e. The number of imidazole rings is 1. The largest absolute Gasteiger partial charge is 0.306 e. The maximum absolute atomic E-state index is 12.6. The fraction of sp³-hybridized carbons (Fsp3) is 0.318. The number of nitrogens with zero attached hydrogens (tertiary/aromatic N) is 3. The van der Waals surface area contributed by atoms with Crippen molar-refractivity contribution in [1.82, 2.24) is 14.3 Å². The van der Waals surface area contributed by atoms with E-state index in [-0.39, 0.29) is 18.4 Å². The highest BCUT2D eigenvalue weighted by Gasteiger charge is 2.35. The first-order chi connectivity index (χ1) is 13.7. The fourth-order valence-corrected chi connectivity index (χ4v) is 3.80. The number of amides is 2. The number of halogens is 1. The molecule has 1 fully saturated rings. The third-order valence-electron chi connectivity index (χ3n) is 5.09. The molecule has 0 N–H and O–H groups in total. The standard InChI is InChI=1S/C20H16ClN3O2.C2H6/c21-8-13-7-14(12-5-6-12)9-23-10-15(22-18(13)23)11-24-19(25)16-3-1-2-4-17(16)20(24)26;1-2/h1-4,7,9-10,12H,5-6,8,11H2;1-2H3. The van der Waals surface area contributed by atoms with Gasteiger partial charge >= 0.3 is 0 Å². The normalized spacial score (nSPS) is 15.6. The van der Waals surface area contributed by atoms with Gasteiger partial charge in [-0.05, 0) is 42.5 Å². The van der Waals surface area contributed by atoms with Gasteiger partial charge in [-0.3, -0.25) is 14.5 Å². The number of benzene rings is 1. The number of hydrogen-bond donors (Lipinski definition) is 0. The van der Waals surface area contributed by atoms with E-state index in [1.54, 1.807) is 24.3 Å². The first-order valence-corrected chi connectivity index (χ1v) is 10.2. The summed E-state index contributed by atoms with van der Waals surface area (Å²) in [5.41, 5.74) is 4.63. The predicted octanol–water partition coefficient (Wildman–Crippen LogP) is 4.77. The summed E-state index contributed by atoms with van der Waals surface area (Å²) < 4.78 is 1.97. The lowest BCUT2D eigenvalue weighted by Crippen LogP contribution is -2.29. The van der Waals surface area contributed by atoms with Crippen LogP contribution in [0, 0.1) is 0 Å². The summed E-state index contributed by atoms with van der Waals surface area (Å²) in [6.07, 6.45) is 6.40. The summed E-state index contributed by atoms with van der Waals surface area (Å²) in [6, 6.07) is 9.04. The average molecular weight is 396 g/mol. The summed E-state index contributed by atoms with van der Waals surface area (Å²) in [4.78, 5) is 31.0. The molecule has 6 heteroatoms. The number of hydrogen-bond acceptors (Lipinski definition) is 3. The molecule has 3 aromatic rings. The molecule has 1 saturated carbocycles. The Morgan fingerprint density at radius 2 is 1.71 bits per heavy atom. The Hall–Kier alpha value is -2.66. The molecule has 0 bridgehead atoms. The lowest BCUT2D eigenvalue weighted by Gasteiger charge is -2.11. The van der Waals surface area contributed by atoms with Crippen LogP contribution in [0.25, 0.3) is 5.65 Å². The van der Waals surface area contributed by atoms with Crippen LogP contribution in [-0.4, -0.2) is 26.1 Å². The third kappa shape index (κ3) is 3.10. The maximum Gasteiger partial charge on any atom is 0.261 e. The Morgan fingerprint density at radius 3 is 2.29 bits per heavy atom. The molecule has 0 unspecified atom stereocenters. The number of fused-ring (bicyclic) bond motifs is 2. The van der Waals surface area contributed by atoms with Gasteiger partial charge in [0.05, 0.1) is 29.2 Å². The van der Waals surface area contributed by atoms with Gasteiger partial charge in [-0.15, -0.1) is 11.6 Å². The molecule has 0 radical (unpaired) electrons. The van der Waals surface area contributed by atoms with Crippen molar-refractivity contribution in [2.75, 3.05) is 0 Å². The molecule has 5 nitrogen and oxygen atoms in total. The monoisotopic (exact) mass is 395 g/mol. The molecular weight excluding hydrogens is 374 g/mol. The van der Waals surface area contributed by atoms with Gasteiger partial charge in [-0.25, -0.2) is 4.98 Å². The minimum absolute atomic E-state index is 0.161. The van der Waals surface area contributed by atoms with Crippen molar-refractivity contribution in [3.8, 4) is 0 Å². The minimum Gasteiger partial charge on any atom is -0.306 e. The summed E-state index contributed by atoms with van der Waals surface area (Å²) in [6.45, 7) is 4.16. The van der Waals surface area contributed by atoms with Crippen LogP contribution in [-0.2, 0) is 12.4 Å². The number of pyridine rings is 1. The van der Waals surface area contributed by atoms with E-state index >= 15 is 0 Å². The van der Waals surface area contributed by atoms with E-state index in [0.29, 0.717) is 28.6 Å². The van der Waals surface area contributed by atoms with E-state index in [1.165, 1.54) is 23.3 Å². The summed E-state index contributed by atoms with van der Waals surface area (Å²) in [7, 11) is 0. The molecule has 28 heavy (non-hydrogen) atoms. The number of imide groups is 1. The van der Waals surface area contributed by atoms with E-state index in [2.05, 4.69) is 17.2 Å². The molecule has 2 amide bonds. The van der Waals surface area contributed by atoms with Crippen LogP contribution < -0.4 is 0 Å². The number of rotatable bonds is 4. The quantitative estimate of drug-likeness (QED) is 0.472. The second-order valence-corrected chi connectivity index (χ2v) is 7.18. The van der Waals surface area contributed by atoms with Crippen LogP contribution in [0.4, 0.5) is 0 Å². The topological polar surface area (TPSA) is 54.7 Å². The van der Waals surface area contributed by atoms with Gasteiger partial charge in [0.25, 0.3) is 11.8 Å². The van der Waals surface area contributed by atoms with Crippen molar-refractivity contribution < 1.29 is 9.59 Å². The van der Waals surface area contributed by atoms with E-state index in [0.717, 1.165) is 11.2 Å². The van der Waals surface area contributed by atoms with Crippen molar-refractivity contribution in [3.63, 3.8) is 0 Å². The summed E-state index contributed by atoms with van der Waals surface area (Å²) in [5, 5.41) is 0. The highest BCUT2D eigenvalue weighted by Crippen LogP contribution is 2.40. The van der Waals surface area contributed by atoms with Crippen molar-refractivity contribution in [2.24, 2.45) is 0 Å². The second kappa shape index (κ2) is 7.40. The van der Waals surface area contributed by atoms with Crippen LogP contribution >= 0.6 is 11.6 Å². The van der Waals surface area contributed by atoms with E-state index in [1.807, 2.05) is 24.4 Å². The zero-order valence-corrected chi connectivity index (χ0v) is 16.7. The average Bonchev–Trinajstić information content (AvgIpc) is 3.46. The zero-order chi connectivity index (χ0) is 19.8. The van der Waals surface area contributed by atoms with E-state index < -0.39 is 0 Å². The van der Waals surface area contributed by atoms with Crippen LogP contribution in [0.15, 0.2) is 42.7 Å². The molecule has 1 aromatic carbocycles. The lowest BCUT2D eigenvalue weighted by molar-refractivity contribution is 0.0640. The molecular formula is C22H22ClN3O2. The molecule has 2 aromatic heterocycles. The molecule has 2 aliphatic rings. The van der Waals surface area contributed by atoms with E-state index in [4.69, 9.17) is 11.6 Å². The zero-order valence-electron chi connectivity index (χ0n) is 16.0. The van der Waals surface area contributed by atoms with Crippen molar-refractivity contribution >= 4 is 29.1 Å². The minimum atomic E-state index is -0.265. The lowest BCUT2D eigenvalue weighted by atomic mass is 10.1. The first-order valence-electron chi connectivity index (χ1n) is 9.67. The molecule has 3 heterocycles. The van der Waals surface area contributed by atoms with Crippen molar-refractivity contribution in [2.45, 2.75) is 45.0 Å². The van der Waals surface area contributed by atoms with Crippen LogP contribution in [0.2, 0.25) is 0 Å². The Kier molecular flexibility index (Phi) is 4.94. The highest BCUT2D eigenvalue weighted by atomic mass is 35.5. The number of aromatic nitrogens is 2. The van der Waals surface area contributed by atoms with Crippen LogP contribution in [0.3, 0.4) is 0 Å². The molecule has 144 valence electrons. The van der Waals surface area contributed by atoms with Crippen LogP contribution in [0.5, 0.6) is 0 Å². The Labute approximate surface area is 168 Å².